The Bertz CT molecular complexity index is 459. The number of carbonyl (C=O) groups is 2. The Morgan fingerprint density at radius 1 is 1.41 bits per heavy atom. The second-order valence-corrected chi connectivity index (χ2v) is 5.27. The van der Waals surface area contributed by atoms with Crippen LogP contribution in [0.3, 0.4) is 0 Å². The van der Waals surface area contributed by atoms with Crippen molar-refractivity contribution in [3.05, 3.63) is 32.9 Å². The minimum Gasteiger partial charge on any atom is -0.479 e. The molecule has 0 spiro atoms. The van der Waals surface area contributed by atoms with Gasteiger partial charge in [0, 0.05) is 14.7 Å². The molecule has 0 bridgehead atoms. The second-order valence-electron chi connectivity index (χ2n) is 3.46. The monoisotopic (exact) mass is 368 g/mol. The van der Waals surface area contributed by atoms with Crippen molar-refractivity contribution in [2.45, 2.75) is 18.4 Å². The SMILES string of the molecule is CC(Cl)C(=O)c1ccc(I)c(C(O)C(=O)O)c1. The molecule has 0 aliphatic heterocycles. The highest BCUT2D eigenvalue weighted by molar-refractivity contribution is 14.1. The van der Waals surface area contributed by atoms with Gasteiger partial charge in [0.15, 0.2) is 11.9 Å². The molecule has 0 saturated heterocycles. The summed E-state index contributed by atoms with van der Waals surface area (Å²) in [5, 5.41) is 17.5. The number of alkyl halides is 1. The van der Waals surface area contributed by atoms with E-state index in [-0.39, 0.29) is 11.3 Å². The van der Waals surface area contributed by atoms with Gasteiger partial charge in [0.05, 0.1) is 5.38 Å². The first-order chi connectivity index (χ1) is 7.84. The predicted molar refractivity (Wildman–Crippen MR) is 71.4 cm³/mol. The molecule has 2 N–H and O–H groups in total. The summed E-state index contributed by atoms with van der Waals surface area (Å²) in [5.41, 5.74) is 0.490. The van der Waals surface area contributed by atoms with E-state index in [9.17, 15) is 14.7 Å². The minimum atomic E-state index is -1.64. The topological polar surface area (TPSA) is 74.6 Å². The van der Waals surface area contributed by atoms with Crippen LogP contribution in [0, 0.1) is 3.57 Å². The van der Waals surface area contributed by atoms with Crippen LogP contribution >= 0.6 is 34.2 Å². The molecule has 0 radical (unpaired) electrons. The van der Waals surface area contributed by atoms with Gasteiger partial charge in [-0.05, 0) is 41.6 Å². The van der Waals surface area contributed by atoms with Gasteiger partial charge in [-0.1, -0.05) is 6.07 Å². The van der Waals surface area contributed by atoms with E-state index in [1.54, 1.807) is 12.1 Å². The Hall–Kier alpha value is -0.660. The highest BCUT2D eigenvalue weighted by atomic mass is 127. The van der Waals surface area contributed by atoms with Crippen molar-refractivity contribution < 1.29 is 19.8 Å². The molecule has 0 saturated carbocycles. The molecule has 2 atom stereocenters. The maximum atomic E-state index is 11.6. The number of benzene rings is 1. The van der Waals surface area contributed by atoms with E-state index >= 15 is 0 Å². The Morgan fingerprint density at radius 2 is 2.00 bits per heavy atom. The lowest BCUT2D eigenvalue weighted by Crippen LogP contribution is -2.15. The first kappa shape index (κ1) is 14.4. The third kappa shape index (κ3) is 3.40. The third-order valence-electron chi connectivity index (χ3n) is 2.17. The van der Waals surface area contributed by atoms with E-state index in [1.165, 1.54) is 13.0 Å². The number of aliphatic hydroxyl groups excluding tert-OH is 1. The van der Waals surface area contributed by atoms with Crippen LogP contribution in [0.5, 0.6) is 0 Å². The van der Waals surface area contributed by atoms with Crippen LogP contribution in [0.4, 0.5) is 0 Å². The largest absolute Gasteiger partial charge is 0.479 e. The zero-order chi connectivity index (χ0) is 13.2. The van der Waals surface area contributed by atoms with E-state index < -0.39 is 17.5 Å². The maximum absolute atomic E-state index is 11.6. The summed E-state index contributed by atoms with van der Waals surface area (Å²) >= 11 is 7.57. The van der Waals surface area contributed by atoms with Crippen LogP contribution in [0.2, 0.25) is 0 Å². The number of aliphatic carboxylic acids is 1. The lowest BCUT2D eigenvalue weighted by Gasteiger charge is -2.11. The van der Waals surface area contributed by atoms with Crippen LogP contribution in [0.1, 0.15) is 28.9 Å². The fourth-order valence-corrected chi connectivity index (χ4v) is 2.03. The number of carboxylic acid groups (broad SMARTS) is 1. The molecular formula is C11H10ClIO4. The summed E-state index contributed by atoms with van der Waals surface area (Å²) in [7, 11) is 0. The zero-order valence-corrected chi connectivity index (χ0v) is 11.8. The quantitative estimate of drug-likeness (QED) is 0.485. The molecular weight excluding hydrogens is 358 g/mol. The van der Waals surface area contributed by atoms with Crippen LogP contribution in [-0.2, 0) is 4.79 Å². The molecule has 17 heavy (non-hydrogen) atoms. The normalized spacial score (nSPS) is 14.1. The number of hydrogen-bond acceptors (Lipinski definition) is 3. The molecule has 4 nitrogen and oxygen atoms in total. The molecule has 0 aliphatic carbocycles. The number of Topliss-reactive ketones (excluding diaryl/α,β-unsaturated/α-hetero) is 1. The fraction of sp³-hybridized carbons (Fsp3) is 0.273. The summed E-state index contributed by atoms with van der Waals surface area (Å²) in [5.74, 6) is -1.66. The predicted octanol–water partition coefficient (Wildman–Crippen LogP) is 2.22. The van der Waals surface area contributed by atoms with Crippen molar-refractivity contribution in [2.75, 3.05) is 0 Å². The van der Waals surface area contributed by atoms with E-state index in [2.05, 4.69) is 0 Å². The molecule has 0 aliphatic rings. The van der Waals surface area contributed by atoms with Gasteiger partial charge in [-0.25, -0.2) is 4.79 Å². The van der Waals surface area contributed by atoms with Gasteiger partial charge in [-0.3, -0.25) is 4.79 Å². The van der Waals surface area contributed by atoms with Crippen LogP contribution in [0.15, 0.2) is 18.2 Å². The van der Waals surface area contributed by atoms with E-state index in [0.29, 0.717) is 9.13 Å². The summed E-state index contributed by atoms with van der Waals surface area (Å²) in [6, 6.07) is 4.50. The summed E-state index contributed by atoms with van der Waals surface area (Å²) in [4.78, 5) is 22.3. The molecule has 6 heteroatoms. The number of hydrogen-bond donors (Lipinski definition) is 2. The van der Waals surface area contributed by atoms with Crippen molar-refractivity contribution in [1.82, 2.24) is 0 Å². The number of rotatable bonds is 4. The standard InChI is InChI=1S/C11H10ClIO4/c1-5(12)9(14)6-2-3-8(13)7(4-6)10(15)11(16)17/h2-5,10,15H,1H3,(H,16,17). The molecule has 0 aromatic heterocycles. The van der Waals surface area contributed by atoms with Crippen molar-refractivity contribution in [3.8, 4) is 0 Å². The number of ketones is 1. The van der Waals surface area contributed by atoms with E-state index in [4.69, 9.17) is 16.7 Å². The molecule has 0 fully saturated rings. The Morgan fingerprint density at radius 3 is 2.47 bits per heavy atom. The molecule has 1 rings (SSSR count). The lowest BCUT2D eigenvalue weighted by atomic mass is 10.0. The number of aliphatic hydroxyl groups is 1. The molecule has 1 aromatic carbocycles. The van der Waals surface area contributed by atoms with Crippen molar-refractivity contribution in [3.63, 3.8) is 0 Å². The van der Waals surface area contributed by atoms with Gasteiger partial charge in [0.25, 0.3) is 0 Å². The van der Waals surface area contributed by atoms with Crippen LogP contribution in [0.25, 0.3) is 0 Å². The molecule has 1 aromatic rings. The Kier molecular flexibility index (Phi) is 4.91. The first-order valence-corrected chi connectivity index (χ1v) is 6.24. The average molecular weight is 369 g/mol. The van der Waals surface area contributed by atoms with Crippen LogP contribution < -0.4 is 0 Å². The van der Waals surface area contributed by atoms with Gasteiger partial charge in [-0.2, -0.15) is 0 Å². The molecule has 0 amide bonds. The fourth-order valence-electron chi connectivity index (χ4n) is 1.27. The molecule has 92 valence electrons. The summed E-state index contributed by atoms with van der Waals surface area (Å²) < 4.78 is 0.580. The molecule has 0 heterocycles. The first-order valence-electron chi connectivity index (χ1n) is 4.73. The van der Waals surface area contributed by atoms with Gasteiger partial charge in [0.1, 0.15) is 0 Å². The highest BCUT2D eigenvalue weighted by Crippen LogP contribution is 2.23. The second kappa shape index (κ2) is 5.79. The number of carboxylic acids is 1. The average Bonchev–Trinajstić information content (AvgIpc) is 2.27. The van der Waals surface area contributed by atoms with Gasteiger partial charge < -0.3 is 10.2 Å². The summed E-state index contributed by atoms with van der Waals surface area (Å²) in [6.45, 7) is 1.54. The van der Waals surface area contributed by atoms with E-state index in [1.807, 2.05) is 22.6 Å². The third-order valence-corrected chi connectivity index (χ3v) is 3.35. The van der Waals surface area contributed by atoms with Gasteiger partial charge in [-0.15, -0.1) is 11.6 Å². The maximum Gasteiger partial charge on any atom is 0.337 e. The molecule has 2 unspecified atom stereocenters. The Labute approximate surface area is 117 Å². The lowest BCUT2D eigenvalue weighted by molar-refractivity contribution is -0.147. The van der Waals surface area contributed by atoms with Gasteiger partial charge in [0.2, 0.25) is 0 Å². The number of carbonyl (C=O) groups excluding carboxylic acids is 1. The number of halogens is 2. The van der Waals surface area contributed by atoms with Crippen molar-refractivity contribution >= 4 is 45.9 Å². The van der Waals surface area contributed by atoms with Gasteiger partial charge >= 0.3 is 5.97 Å². The zero-order valence-electron chi connectivity index (χ0n) is 8.85. The Balaban J connectivity index is 3.19. The minimum absolute atomic E-state index is 0.196. The summed E-state index contributed by atoms with van der Waals surface area (Å²) in [6.07, 6.45) is -1.64. The highest BCUT2D eigenvalue weighted by Gasteiger charge is 2.21. The van der Waals surface area contributed by atoms with Crippen LogP contribution in [-0.4, -0.2) is 27.3 Å². The smallest absolute Gasteiger partial charge is 0.337 e. The van der Waals surface area contributed by atoms with Crippen molar-refractivity contribution in [1.29, 1.82) is 0 Å². The van der Waals surface area contributed by atoms with E-state index in [0.717, 1.165) is 0 Å². The van der Waals surface area contributed by atoms with Crippen molar-refractivity contribution in [2.24, 2.45) is 0 Å².